The molecule has 0 saturated carbocycles. The molecule has 0 fully saturated rings. The Morgan fingerprint density at radius 3 is 2.47 bits per heavy atom. The van der Waals surface area contributed by atoms with Gasteiger partial charge in [-0.25, -0.2) is 14.3 Å². The Hall–Kier alpha value is -3.76. The molecule has 12 heteroatoms. The summed E-state index contributed by atoms with van der Waals surface area (Å²) in [6.07, 6.45) is 3.12. The number of para-hydroxylation sites is 1. The minimum atomic E-state index is -0.457. The predicted molar refractivity (Wildman–Crippen MR) is 126 cm³/mol. The quantitative estimate of drug-likeness (QED) is 0.366. The molecule has 0 saturated heterocycles. The van der Waals surface area contributed by atoms with Crippen LogP contribution in [-0.4, -0.2) is 44.7 Å². The van der Waals surface area contributed by atoms with Gasteiger partial charge in [-0.15, -0.1) is 5.10 Å². The molecule has 0 aliphatic carbocycles. The van der Waals surface area contributed by atoms with Gasteiger partial charge in [-0.1, -0.05) is 35.3 Å². The Bertz CT molecular complexity index is 1280. The van der Waals surface area contributed by atoms with Crippen LogP contribution in [0.4, 0.5) is 5.95 Å². The Kier molecular flexibility index (Phi) is 7.19. The average molecular weight is 503 g/mol. The van der Waals surface area contributed by atoms with Crippen molar-refractivity contribution in [3.05, 3.63) is 76.3 Å². The van der Waals surface area contributed by atoms with Crippen LogP contribution in [0, 0.1) is 0 Å². The summed E-state index contributed by atoms with van der Waals surface area (Å²) >= 11 is 12.0. The molecule has 1 amide bonds. The Morgan fingerprint density at radius 2 is 1.76 bits per heavy atom. The van der Waals surface area contributed by atoms with Gasteiger partial charge in [0.05, 0.1) is 30.8 Å². The van der Waals surface area contributed by atoms with E-state index < -0.39 is 5.91 Å². The first-order valence-corrected chi connectivity index (χ1v) is 10.7. The van der Waals surface area contributed by atoms with E-state index in [4.69, 9.17) is 37.4 Å². The minimum absolute atomic E-state index is 0.0422. The molecule has 34 heavy (non-hydrogen) atoms. The number of rotatable bonds is 9. The third-order valence-corrected chi connectivity index (χ3v) is 5.43. The summed E-state index contributed by atoms with van der Waals surface area (Å²) in [6.45, 7) is 0.457. The van der Waals surface area contributed by atoms with E-state index in [0.29, 0.717) is 33.8 Å². The summed E-state index contributed by atoms with van der Waals surface area (Å²) in [4.78, 5) is 16.7. The Balaban J connectivity index is 1.36. The fourth-order valence-corrected chi connectivity index (χ4v) is 3.38. The van der Waals surface area contributed by atoms with Gasteiger partial charge in [-0.3, -0.25) is 10.1 Å². The molecule has 0 bridgehead atoms. The third kappa shape index (κ3) is 5.41. The summed E-state index contributed by atoms with van der Waals surface area (Å²) in [5, 5.41) is 12.0. The van der Waals surface area contributed by atoms with Crippen molar-refractivity contribution in [3.8, 4) is 17.2 Å². The second-order valence-corrected chi connectivity index (χ2v) is 7.79. The first-order valence-electron chi connectivity index (χ1n) is 9.99. The summed E-state index contributed by atoms with van der Waals surface area (Å²) in [7, 11) is 3.08. The van der Waals surface area contributed by atoms with Crippen LogP contribution in [0.25, 0.3) is 0 Å². The van der Waals surface area contributed by atoms with Gasteiger partial charge in [0.1, 0.15) is 6.33 Å². The van der Waals surface area contributed by atoms with E-state index in [-0.39, 0.29) is 18.4 Å². The maximum absolute atomic E-state index is 12.6. The molecule has 176 valence electrons. The number of ether oxygens (including phenoxy) is 3. The molecule has 0 atom stereocenters. The standard InChI is InChI=1S/C22H20Cl2N6O4/c1-32-18-4-3-5-19(33-2)20(18)34-13-29-9-8-17(27-29)21(31)26-22-25-12-30(28-22)11-14-6-7-15(23)16(24)10-14/h3-10,12H,11,13H2,1-2H3,(H,26,28,31). The van der Waals surface area contributed by atoms with Crippen LogP contribution in [0.3, 0.4) is 0 Å². The molecule has 10 nitrogen and oxygen atoms in total. The summed E-state index contributed by atoms with van der Waals surface area (Å²) < 4.78 is 19.5. The van der Waals surface area contributed by atoms with E-state index in [1.165, 1.54) is 25.2 Å². The van der Waals surface area contributed by atoms with Crippen LogP contribution in [0.1, 0.15) is 16.1 Å². The molecule has 0 aliphatic rings. The zero-order chi connectivity index (χ0) is 24.1. The molecular formula is C22H20Cl2N6O4. The highest BCUT2D eigenvalue weighted by Gasteiger charge is 2.15. The first-order chi connectivity index (χ1) is 16.5. The number of carbonyl (C=O) groups excluding carboxylic acids is 1. The molecule has 0 radical (unpaired) electrons. The molecule has 1 N–H and O–H groups in total. The molecule has 2 heterocycles. The largest absolute Gasteiger partial charge is 0.493 e. The number of methoxy groups -OCH3 is 2. The van der Waals surface area contributed by atoms with E-state index in [9.17, 15) is 4.79 Å². The van der Waals surface area contributed by atoms with Gasteiger partial charge in [-0.2, -0.15) is 5.10 Å². The minimum Gasteiger partial charge on any atom is -0.493 e. The number of amides is 1. The summed E-state index contributed by atoms with van der Waals surface area (Å²) in [6, 6.07) is 12.2. The van der Waals surface area contributed by atoms with Crippen molar-refractivity contribution in [3.63, 3.8) is 0 Å². The Labute approximate surface area is 205 Å². The smallest absolute Gasteiger partial charge is 0.278 e. The molecule has 0 spiro atoms. The van der Waals surface area contributed by atoms with Crippen LogP contribution < -0.4 is 19.5 Å². The molecule has 0 unspecified atom stereocenters. The van der Waals surface area contributed by atoms with Gasteiger partial charge >= 0.3 is 0 Å². The van der Waals surface area contributed by atoms with E-state index in [0.717, 1.165) is 5.56 Å². The number of anilines is 1. The number of aromatic nitrogens is 5. The van der Waals surface area contributed by atoms with Crippen LogP contribution in [0.2, 0.25) is 10.0 Å². The fraction of sp³-hybridized carbons (Fsp3) is 0.182. The lowest BCUT2D eigenvalue weighted by molar-refractivity contribution is 0.101. The van der Waals surface area contributed by atoms with Crippen molar-refractivity contribution < 1.29 is 19.0 Å². The number of benzene rings is 2. The highest BCUT2D eigenvalue weighted by atomic mass is 35.5. The van der Waals surface area contributed by atoms with Crippen molar-refractivity contribution in [2.45, 2.75) is 13.3 Å². The monoisotopic (exact) mass is 502 g/mol. The lowest BCUT2D eigenvalue weighted by Gasteiger charge is -2.13. The Morgan fingerprint density at radius 1 is 1.00 bits per heavy atom. The molecule has 2 aromatic heterocycles. The van der Waals surface area contributed by atoms with Crippen LogP contribution >= 0.6 is 23.2 Å². The number of halogens is 2. The van der Waals surface area contributed by atoms with Crippen LogP contribution in [0.15, 0.2) is 55.0 Å². The van der Waals surface area contributed by atoms with Crippen molar-refractivity contribution in [2.24, 2.45) is 0 Å². The normalized spacial score (nSPS) is 10.7. The second kappa shape index (κ2) is 10.4. The van der Waals surface area contributed by atoms with E-state index in [2.05, 4.69) is 20.5 Å². The van der Waals surface area contributed by atoms with Crippen LogP contribution in [-0.2, 0) is 13.3 Å². The van der Waals surface area contributed by atoms with Gasteiger partial charge in [0.25, 0.3) is 5.91 Å². The fourth-order valence-electron chi connectivity index (χ4n) is 3.06. The number of hydrogen-bond acceptors (Lipinski definition) is 7. The third-order valence-electron chi connectivity index (χ3n) is 4.69. The maximum Gasteiger partial charge on any atom is 0.278 e. The van der Waals surface area contributed by atoms with E-state index in [1.54, 1.807) is 47.3 Å². The molecule has 2 aromatic carbocycles. The van der Waals surface area contributed by atoms with Gasteiger partial charge in [0.15, 0.2) is 23.9 Å². The van der Waals surface area contributed by atoms with E-state index >= 15 is 0 Å². The van der Waals surface area contributed by atoms with E-state index in [1.807, 2.05) is 6.07 Å². The lowest BCUT2D eigenvalue weighted by atomic mass is 10.2. The predicted octanol–water partition coefficient (Wildman–Crippen LogP) is 4.14. The van der Waals surface area contributed by atoms with Gasteiger partial charge in [0.2, 0.25) is 11.7 Å². The number of carbonyl (C=O) groups is 1. The SMILES string of the molecule is COc1cccc(OC)c1OCn1ccc(C(=O)Nc2ncn(Cc3ccc(Cl)c(Cl)c3)n2)n1. The van der Waals surface area contributed by atoms with Crippen molar-refractivity contribution in [1.29, 1.82) is 0 Å². The zero-order valence-electron chi connectivity index (χ0n) is 18.2. The molecule has 0 aliphatic heterocycles. The van der Waals surface area contributed by atoms with Gasteiger partial charge < -0.3 is 14.2 Å². The van der Waals surface area contributed by atoms with Gasteiger partial charge in [0, 0.05) is 6.20 Å². The molecule has 4 rings (SSSR count). The van der Waals surface area contributed by atoms with Crippen molar-refractivity contribution >= 4 is 35.1 Å². The molecular weight excluding hydrogens is 483 g/mol. The van der Waals surface area contributed by atoms with Crippen molar-refractivity contribution in [2.75, 3.05) is 19.5 Å². The van der Waals surface area contributed by atoms with Gasteiger partial charge in [-0.05, 0) is 35.9 Å². The van der Waals surface area contributed by atoms with Crippen molar-refractivity contribution in [1.82, 2.24) is 24.5 Å². The second-order valence-electron chi connectivity index (χ2n) is 6.97. The number of hydrogen-bond donors (Lipinski definition) is 1. The average Bonchev–Trinajstić information content (AvgIpc) is 3.49. The highest BCUT2D eigenvalue weighted by molar-refractivity contribution is 6.42. The summed E-state index contributed by atoms with van der Waals surface area (Å²) in [5.74, 6) is 1.17. The molecule has 4 aromatic rings. The number of nitrogens with zero attached hydrogens (tertiary/aromatic N) is 5. The zero-order valence-corrected chi connectivity index (χ0v) is 19.7. The first kappa shape index (κ1) is 23.4. The lowest BCUT2D eigenvalue weighted by Crippen LogP contribution is -2.15. The topological polar surface area (TPSA) is 105 Å². The summed E-state index contributed by atoms with van der Waals surface area (Å²) in [5.41, 5.74) is 1.07. The highest BCUT2D eigenvalue weighted by Crippen LogP contribution is 2.36. The van der Waals surface area contributed by atoms with Crippen LogP contribution in [0.5, 0.6) is 17.2 Å². The maximum atomic E-state index is 12.6. The number of nitrogens with one attached hydrogen (secondary N) is 1.